The average Bonchev–Trinajstić information content (AvgIpc) is 2.89. The van der Waals surface area contributed by atoms with Gasteiger partial charge in [0.15, 0.2) is 5.82 Å². The first-order valence-corrected chi connectivity index (χ1v) is 6.79. The third-order valence-corrected chi connectivity index (χ3v) is 3.28. The van der Waals surface area contributed by atoms with E-state index in [0.717, 1.165) is 19.5 Å². The van der Waals surface area contributed by atoms with Crippen LogP contribution in [0.1, 0.15) is 17.3 Å². The molecule has 2 aromatic carbocycles. The summed E-state index contributed by atoms with van der Waals surface area (Å²) in [6.07, 6.45) is 0.756. The lowest BCUT2D eigenvalue weighted by molar-refractivity contribution is 0.372. The molecule has 0 radical (unpaired) electrons. The van der Waals surface area contributed by atoms with Gasteiger partial charge >= 0.3 is 0 Å². The van der Waals surface area contributed by atoms with E-state index in [1.165, 1.54) is 16.3 Å². The normalized spacial score (nSPS) is 11.1. The molecule has 0 amide bonds. The predicted octanol–water partition coefficient (Wildman–Crippen LogP) is 2.86. The second-order valence-electron chi connectivity index (χ2n) is 4.80. The van der Waals surface area contributed by atoms with Gasteiger partial charge in [-0.1, -0.05) is 47.6 Å². The second kappa shape index (κ2) is 5.84. The Hall–Kier alpha value is -2.20. The maximum absolute atomic E-state index is 5.09. The van der Waals surface area contributed by atoms with Crippen LogP contribution in [0.2, 0.25) is 0 Å². The van der Waals surface area contributed by atoms with Crippen molar-refractivity contribution in [1.82, 2.24) is 15.5 Å². The first kappa shape index (κ1) is 12.8. The summed E-state index contributed by atoms with van der Waals surface area (Å²) in [6.45, 7) is 3.50. The molecule has 0 unspecified atom stereocenters. The lowest BCUT2D eigenvalue weighted by Gasteiger charge is -2.07. The minimum atomic E-state index is 0.688. The van der Waals surface area contributed by atoms with E-state index >= 15 is 0 Å². The molecule has 1 heterocycles. The summed E-state index contributed by atoms with van der Waals surface area (Å²) in [4.78, 5) is 4.19. The molecular formula is C16H17N3O. The molecule has 1 N–H and O–H groups in total. The van der Waals surface area contributed by atoms with Gasteiger partial charge in [0, 0.05) is 19.5 Å². The van der Waals surface area contributed by atoms with Crippen molar-refractivity contribution in [2.75, 3.05) is 6.54 Å². The summed E-state index contributed by atoms with van der Waals surface area (Å²) >= 11 is 0. The van der Waals surface area contributed by atoms with E-state index in [4.69, 9.17) is 4.52 Å². The zero-order valence-electron chi connectivity index (χ0n) is 11.5. The Kier molecular flexibility index (Phi) is 3.74. The number of rotatable bonds is 5. The molecule has 3 rings (SSSR count). The van der Waals surface area contributed by atoms with Crippen molar-refractivity contribution in [3.8, 4) is 0 Å². The molecule has 0 aliphatic heterocycles. The van der Waals surface area contributed by atoms with E-state index in [0.29, 0.717) is 11.7 Å². The van der Waals surface area contributed by atoms with Crippen molar-refractivity contribution in [2.45, 2.75) is 19.9 Å². The smallest absolute Gasteiger partial charge is 0.227 e. The molecule has 0 bridgehead atoms. The molecule has 3 aromatic rings. The summed E-state index contributed by atoms with van der Waals surface area (Å²) in [5.41, 5.74) is 1.31. The van der Waals surface area contributed by atoms with Crippen LogP contribution in [0.25, 0.3) is 10.8 Å². The number of nitrogens with zero attached hydrogens (tertiary/aromatic N) is 2. The number of hydrogen-bond donors (Lipinski definition) is 1. The van der Waals surface area contributed by atoms with Crippen LogP contribution >= 0.6 is 0 Å². The van der Waals surface area contributed by atoms with Gasteiger partial charge in [0.05, 0.1) is 0 Å². The maximum atomic E-state index is 5.09. The van der Waals surface area contributed by atoms with E-state index in [1.54, 1.807) is 0 Å². The van der Waals surface area contributed by atoms with Gasteiger partial charge in [-0.25, -0.2) is 0 Å². The Balaban J connectivity index is 1.60. The standard InChI is InChI=1S/C16H17N3O/c1-12-18-16(20-19-12)9-10-17-11-14-7-4-6-13-5-2-3-8-15(13)14/h2-8,17H,9-11H2,1H3. The minimum Gasteiger partial charge on any atom is -0.339 e. The molecule has 1 aromatic heterocycles. The van der Waals surface area contributed by atoms with Gasteiger partial charge in [-0.3, -0.25) is 0 Å². The quantitative estimate of drug-likeness (QED) is 0.722. The van der Waals surface area contributed by atoms with Crippen molar-refractivity contribution in [3.63, 3.8) is 0 Å². The van der Waals surface area contributed by atoms with Crippen molar-refractivity contribution in [2.24, 2.45) is 0 Å². The number of hydrogen-bond acceptors (Lipinski definition) is 4. The molecule has 0 fully saturated rings. The SMILES string of the molecule is Cc1noc(CCNCc2cccc3ccccc23)n1. The highest BCUT2D eigenvalue weighted by molar-refractivity contribution is 5.85. The zero-order valence-corrected chi connectivity index (χ0v) is 11.5. The Morgan fingerprint density at radius 2 is 1.95 bits per heavy atom. The third-order valence-electron chi connectivity index (χ3n) is 3.28. The fourth-order valence-electron chi connectivity index (χ4n) is 2.31. The van der Waals surface area contributed by atoms with Crippen LogP contribution in [0.4, 0.5) is 0 Å². The van der Waals surface area contributed by atoms with Crippen molar-refractivity contribution >= 4 is 10.8 Å². The monoisotopic (exact) mass is 267 g/mol. The molecule has 0 aliphatic rings. The number of aromatic nitrogens is 2. The minimum absolute atomic E-state index is 0.688. The summed E-state index contributed by atoms with van der Waals surface area (Å²) in [5, 5.41) is 9.78. The Morgan fingerprint density at radius 3 is 2.80 bits per heavy atom. The number of aryl methyl sites for hydroxylation is 1. The molecule has 0 saturated heterocycles. The molecular weight excluding hydrogens is 250 g/mol. The maximum Gasteiger partial charge on any atom is 0.227 e. The van der Waals surface area contributed by atoms with Gasteiger partial charge in [-0.15, -0.1) is 0 Å². The summed E-state index contributed by atoms with van der Waals surface area (Å²) in [7, 11) is 0. The highest BCUT2D eigenvalue weighted by Crippen LogP contribution is 2.18. The lowest BCUT2D eigenvalue weighted by Crippen LogP contribution is -2.17. The van der Waals surface area contributed by atoms with Gasteiger partial charge in [-0.05, 0) is 23.3 Å². The molecule has 102 valence electrons. The number of fused-ring (bicyclic) bond motifs is 1. The second-order valence-corrected chi connectivity index (χ2v) is 4.80. The van der Waals surface area contributed by atoms with E-state index in [2.05, 4.69) is 57.9 Å². The Morgan fingerprint density at radius 1 is 1.10 bits per heavy atom. The number of benzene rings is 2. The highest BCUT2D eigenvalue weighted by Gasteiger charge is 2.03. The van der Waals surface area contributed by atoms with Crippen LogP contribution in [0.15, 0.2) is 47.0 Å². The fourth-order valence-corrected chi connectivity index (χ4v) is 2.31. The summed E-state index contributed by atoms with van der Waals surface area (Å²) in [5.74, 6) is 1.38. The average molecular weight is 267 g/mol. The molecule has 20 heavy (non-hydrogen) atoms. The van der Waals surface area contributed by atoms with Gasteiger partial charge in [0.2, 0.25) is 5.89 Å². The van der Waals surface area contributed by atoms with Crippen LogP contribution in [-0.2, 0) is 13.0 Å². The van der Waals surface area contributed by atoms with Crippen LogP contribution in [0.3, 0.4) is 0 Å². The van der Waals surface area contributed by atoms with Crippen LogP contribution in [0, 0.1) is 6.92 Å². The lowest BCUT2D eigenvalue weighted by atomic mass is 10.0. The molecule has 4 heteroatoms. The molecule has 0 aliphatic carbocycles. The van der Waals surface area contributed by atoms with Crippen molar-refractivity contribution in [1.29, 1.82) is 0 Å². The first-order chi connectivity index (χ1) is 9.83. The summed E-state index contributed by atoms with van der Waals surface area (Å²) < 4.78 is 5.09. The largest absolute Gasteiger partial charge is 0.339 e. The van der Waals surface area contributed by atoms with Crippen molar-refractivity contribution in [3.05, 3.63) is 59.7 Å². The number of nitrogens with one attached hydrogen (secondary N) is 1. The zero-order chi connectivity index (χ0) is 13.8. The topological polar surface area (TPSA) is 51.0 Å². The van der Waals surface area contributed by atoms with Gasteiger partial charge in [-0.2, -0.15) is 4.98 Å². The van der Waals surface area contributed by atoms with E-state index in [-0.39, 0.29) is 0 Å². The molecule has 0 atom stereocenters. The third kappa shape index (κ3) is 2.86. The summed E-state index contributed by atoms with van der Waals surface area (Å²) in [6, 6.07) is 14.8. The molecule has 0 saturated carbocycles. The highest BCUT2D eigenvalue weighted by atomic mass is 16.5. The fraction of sp³-hybridized carbons (Fsp3) is 0.250. The van der Waals surface area contributed by atoms with E-state index in [9.17, 15) is 0 Å². The van der Waals surface area contributed by atoms with Gasteiger partial charge in [0.25, 0.3) is 0 Å². The Bertz CT molecular complexity index is 700. The van der Waals surface area contributed by atoms with Gasteiger partial charge in [0.1, 0.15) is 0 Å². The van der Waals surface area contributed by atoms with Crippen LogP contribution in [0.5, 0.6) is 0 Å². The van der Waals surface area contributed by atoms with Crippen LogP contribution < -0.4 is 5.32 Å². The molecule has 0 spiro atoms. The van der Waals surface area contributed by atoms with Crippen molar-refractivity contribution < 1.29 is 4.52 Å². The van der Waals surface area contributed by atoms with Crippen LogP contribution in [-0.4, -0.2) is 16.7 Å². The van der Waals surface area contributed by atoms with Gasteiger partial charge < -0.3 is 9.84 Å². The predicted molar refractivity (Wildman–Crippen MR) is 78.4 cm³/mol. The van der Waals surface area contributed by atoms with E-state index < -0.39 is 0 Å². The first-order valence-electron chi connectivity index (χ1n) is 6.79. The van der Waals surface area contributed by atoms with E-state index in [1.807, 2.05) is 6.92 Å². The Labute approximate surface area is 117 Å². The molecule has 4 nitrogen and oxygen atoms in total.